The Balaban J connectivity index is 3.44. The maximum Gasteiger partial charge on any atom is 0.306 e. The summed E-state index contributed by atoms with van der Waals surface area (Å²) in [6, 6.07) is 0. The fourth-order valence-electron chi connectivity index (χ4n) is 6.37. The molecule has 0 aliphatic rings. The Morgan fingerprint density at radius 1 is 0.453 bits per heavy atom. The van der Waals surface area contributed by atoms with E-state index in [1.807, 2.05) is 0 Å². The molecule has 0 heterocycles. The van der Waals surface area contributed by atoms with Crippen LogP contribution in [0.5, 0.6) is 0 Å². The number of aliphatic hydroxyl groups is 1. The maximum atomic E-state index is 12.2. The molecule has 0 spiro atoms. The first-order chi connectivity index (χ1) is 26.2. The van der Waals surface area contributed by atoms with Crippen LogP contribution >= 0.6 is 0 Å². The van der Waals surface area contributed by atoms with E-state index < -0.39 is 6.10 Å². The van der Waals surface area contributed by atoms with E-state index in [2.05, 4.69) is 74.6 Å². The molecule has 0 saturated heterocycles. The second-order valence-corrected chi connectivity index (χ2v) is 15.1. The van der Waals surface area contributed by atoms with Crippen molar-refractivity contribution in [2.24, 2.45) is 0 Å². The molecule has 0 aromatic carbocycles. The van der Waals surface area contributed by atoms with Gasteiger partial charge in [-0.2, -0.15) is 0 Å². The lowest BCUT2D eigenvalue weighted by molar-refractivity contribution is -0.154. The van der Waals surface area contributed by atoms with Gasteiger partial charge >= 0.3 is 5.97 Å². The minimum absolute atomic E-state index is 0.180. The van der Waals surface area contributed by atoms with Crippen molar-refractivity contribution in [3.8, 4) is 0 Å². The lowest BCUT2D eigenvalue weighted by Crippen LogP contribution is -2.27. The van der Waals surface area contributed by atoms with Gasteiger partial charge in [-0.25, -0.2) is 0 Å². The molecule has 0 aliphatic heterocycles. The molecule has 53 heavy (non-hydrogen) atoms. The minimum Gasteiger partial charge on any atom is -0.457 e. The van der Waals surface area contributed by atoms with Gasteiger partial charge in [-0.15, -0.1) is 0 Å². The van der Waals surface area contributed by atoms with E-state index in [1.54, 1.807) is 0 Å². The number of ether oxygens (including phenoxy) is 2. The Labute approximate surface area is 330 Å². The zero-order valence-electron chi connectivity index (χ0n) is 35.3. The largest absolute Gasteiger partial charge is 0.457 e. The van der Waals surface area contributed by atoms with Gasteiger partial charge in [0.05, 0.1) is 13.2 Å². The summed E-state index contributed by atoms with van der Waals surface area (Å²) in [6.07, 6.45) is 61.5. The predicted molar refractivity (Wildman–Crippen MR) is 233 cm³/mol. The summed E-state index contributed by atoms with van der Waals surface area (Å²) in [5.41, 5.74) is 0. The van der Waals surface area contributed by atoms with Crippen LogP contribution in [0.3, 0.4) is 0 Å². The second-order valence-electron chi connectivity index (χ2n) is 15.1. The number of carbonyl (C=O) groups excluding carboxylic acids is 1. The van der Waals surface area contributed by atoms with Crippen LogP contribution in [-0.2, 0) is 14.3 Å². The van der Waals surface area contributed by atoms with Gasteiger partial charge < -0.3 is 14.6 Å². The fraction of sp³-hybridized carbons (Fsp3) is 0.776. The molecule has 1 atom stereocenters. The fourth-order valence-corrected chi connectivity index (χ4v) is 6.37. The molecule has 4 nitrogen and oxygen atoms in total. The van der Waals surface area contributed by atoms with E-state index in [0.29, 0.717) is 13.0 Å². The van der Waals surface area contributed by atoms with E-state index in [-0.39, 0.29) is 19.2 Å². The van der Waals surface area contributed by atoms with Crippen LogP contribution in [0.1, 0.15) is 219 Å². The van der Waals surface area contributed by atoms with Crippen molar-refractivity contribution in [3.05, 3.63) is 60.8 Å². The van der Waals surface area contributed by atoms with Crippen molar-refractivity contribution in [1.29, 1.82) is 0 Å². The van der Waals surface area contributed by atoms with Crippen LogP contribution in [0.4, 0.5) is 0 Å². The standard InChI is InChI=1S/C49H88O4/c1-3-5-7-9-11-13-15-17-19-20-21-22-23-24-25-26-27-28-29-31-33-35-37-39-41-43-45-52-47-48(46-50)53-49(51)44-42-40-38-36-34-32-30-18-16-14-12-10-8-6-4-2/h12,14-15,17-18,20-21,23-24,30,48,50H,3-11,13,16,19,22,25-29,31-47H2,1-2H3/b14-12-,17-15-,21-20-,24-23-,30-18-. The maximum absolute atomic E-state index is 12.2. The highest BCUT2D eigenvalue weighted by Crippen LogP contribution is 2.13. The molecule has 4 heteroatoms. The van der Waals surface area contributed by atoms with Gasteiger partial charge in [0, 0.05) is 13.0 Å². The van der Waals surface area contributed by atoms with E-state index in [1.165, 1.54) is 148 Å². The first-order valence-electron chi connectivity index (χ1n) is 22.9. The van der Waals surface area contributed by atoms with Crippen molar-refractivity contribution in [2.75, 3.05) is 19.8 Å². The van der Waals surface area contributed by atoms with E-state index in [4.69, 9.17) is 9.47 Å². The van der Waals surface area contributed by atoms with Crippen molar-refractivity contribution in [1.82, 2.24) is 0 Å². The molecule has 0 rings (SSSR count). The van der Waals surface area contributed by atoms with Gasteiger partial charge in [0.2, 0.25) is 0 Å². The third kappa shape index (κ3) is 44.4. The first kappa shape index (κ1) is 51.1. The highest BCUT2D eigenvalue weighted by molar-refractivity contribution is 5.69. The van der Waals surface area contributed by atoms with Gasteiger partial charge in [0.15, 0.2) is 0 Å². The average molecular weight is 741 g/mol. The van der Waals surface area contributed by atoms with Crippen LogP contribution in [0.15, 0.2) is 60.8 Å². The molecule has 0 amide bonds. The molecule has 1 N–H and O–H groups in total. The van der Waals surface area contributed by atoms with Crippen molar-refractivity contribution >= 4 is 5.97 Å². The Morgan fingerprint density at radius 3 is 1.23 bits per heavy atom. The number of hydrogen-bond acceptors (Lipinski definition) is 4. The van der Waals surface area contributed by atoms with Crippen molar-refractivity contribution in [2.45, 2.75) is 225 Å². The van der Waals surface area contributed by atoms with Crippen LogP contribution < -0.4 is 0 Å². The summed E-state index contributed by atoms with van der Waals surface area (Å²) >= 11 is 0. The zero-order chi connectivity index (χ0) is 38.4. The van der Waals surface area contributed by atoms with Crippen LogP contribution in [0.25, 0.3) is 0 Å². The summed E-state index contributed by atoms with van der Waals surface area (Å²) in [5.74, 6) is -0.216. The second kappa shape index (κ2) is 46.2. The number of hydrogen-bond donors (Lipinski definition) is 1. The number of unbranched alkanes of at least 4 members (excludes halogenated alkanes) is 24. The predicted octanol–water partition coefficient (Wildman–Crippen LogP) is 15.2. The van der Waals surface area contributed by atoms with E-state index in [9.17, 15) is 9.90 Å². The topological polar surface area (TPSA) is 55.8 Å². The van der Waals surface area contributed by atoms with Gasteiger partial charge in [-0.05, 0) is 83.5 Å². The highest BCUT2D eigenvalue weighted by Gasteiger charge is 2.13. The van der Waals surface area contributed by atoms with Gasteiger partial charge in [0.1, 0.15) is 6.10 Å². The summed E-state index contributed by atoms with van der Waals surface area (Å²) in [4.78, 5) is 12.2. The molecule has 0 saturated carbocycles. The summed E-state index contributed by atoms with van der Waals surface area (Å²) in [7, 11) is 0. The van der Waals surface area contributed by atoms with Crippen molar-refractivity contribution < 1.29 is 19.4 Å². The monoisotopic (exact) mass is 741 g/mol. The zero-order valence-corrected chi connectivity index (χ0v) is 35.3. The van der Waals surface area contributed by atoms with E-state index >= 15 is 0 Å². The number of carbonyl (C=O) groups is 1. The highest BCUT2D eigenvalue weighted by atomic mass is 16.6. The molecule has 0 fully saturated rings. The Morgan fingerprint density at radius 2 is 0.792 bits per heavy atom. The average Bonchev–Trinajstić information content (AvgIpc) is 3.16. The minimum atomic E-state index is -0.545. The number of rotatable bonds is 42. The molecule has 0 aliphatic carbocycles. The molecule has 1 unspecified atom stereocenters. The molecular weight excluding hydrogens is 653 g/mol. The molecule has 0 aromatic rings. The Hall–Kier alpha value is -1.91. The lowest BCUT2D eigenvalue weighted by atomic mass is 10.1. The number of esters is 1. The van der Waals surface area contributed by atoms with Crippen molar-refractivity contribution in [3.63, 3.8) is 0 Å². The SMILES string of the molecule is CCCCC/C=C\C/C=C\CCCCCCCC(=O)OC(CO)COCCCCCCCCCCCCC/C=C\C/C=C\C/C=C\CCCCCCC. The molecule has 0 radical (unpaired) electrons. The lowest BCUT2D eigenvalue weighted by Gasteiger charge is -2.15. The normalized spacial score (nSPS) is 12.9. The molecule has 308 valence electrons. The van der Waals surface area contributed by atoms with Crippen LogP contribution in [0, 0.1) is 0 Å². The number of aliphatic hydroxyl groups excluding tert-OH is 1. The van der Waals surface area contributed by atoms with Gasteiger partial charge in [-0.3, -0.25) is 4.79 Å². The van der Waals surface area contributed by atoms with Gasteiger partial charge in [-0.1, -0.05) is 190 Å². The first-order valence-corrected chi connectivity index (χ1v) is 22.9. The third-order valence-electron chi connectivity index (χ3n) is 9.82. The summed E-state index contributed by atoms with van der Waals surface area (Å²) in [5, 5.41) is 9.61. The molecule has 0 bridgehead atoms. The Bertz CT molecular complexity index is 870. The van der Waals surface area contributed by atoms with Crippen LogP contribution in [0.2, 0.25) is 0 Å². The number of allylic oxidation sites excluding steroid dienone is 10. The van der Waals surface area contributed by atoms with Gasteiger partial charge in [0.25, 0.3) is 0 Å². The Kier molecular flexibility index (Phi) is 44.6. The summed E-state index contributed by atoms with van der Waals surface area (Å²) in [6.45, 7) is 5.29. The molecular formula is C49H88O4. The smallest absolute Gasteiger partial charge is 0.306 e. The summed E-state index contributed by atoms with van der Waals surface area (Å²) < 4.78 is 11.2. The van der Waals surface area contributed by atoms with E-state index in [0.717, 1.165) is 51.4 Å². The quantitative estimate of drug-likeness (QED) is 0.0385. The van der Waals surface area contributed by atoms with Crippen LogP contribution in [-0.4, -0.2) is 37.0 Å². The third-order valence-corrected chi connectivity index (χ3v) is 9.82. The molecule has 0 aromatic heterocycles.